The highest BCUT2D eigenvalue weighted by molar-refractivity contribution is 8.14. The van der Waals surface area contributed by atoms with Crippen LogP contribution in [0.4, 0.5) is 0 Å². The summed E-state index contributed by atoms with van der Waals surface area (Å²) in [7, 11) is 0. The number of allylic oxidation sites excluding steroid dienone is 1. The molecule has 0 saturated carbocycles. The fourth-order valence-corrected chi connectivity index (χ4v) is 4.39. The van der Waals surface area contributed by atoms with Gasteiger partial charge < -0.3 is 14.2 Å². The summed E-state index contributed by atoms with van der Waals surface area (Å²) >= 11 is 1.47. The average molecular weight is 432 g/mol. The van der Waals surface area contributed by atoms with Crippen LogP contribution in [0.15, 0.2) is 34.5 Å². The van der Waals surface area contributed by atoms with Crippen molar-refractivity contribution in [2.24, 2.45) is 4.99 Å². The van der Waals surface area contributed by atoms with E-state index in [1.807, 2.05) is 6.92 Å². The highest BCUT2D eigenvalue weighted by atomic mass is 32.2. The molecule has 1 aromatic rings. The van der Waals surface area contributed by atoms with Gasteiger partial charge in [-0.25, -0.2) is 9.79 Å². The van der Waals surface area contributed by atoms with Gasteiger partial charge in [0.15, 0.2) is 16.7 Å². The topological polar surface area (TPSA) is 94.5 Å². The normalized spacial score (nSPS) is 18.5. The predicted octanol–water partition coefficient (Wildman–Crippen LogP) is 3.22. The van der Waals surface area contributed by atoms with Gasteiger partial charge in [0.1, 0.15) is 0 Å². The van der Waals surface area contributed by atoms with Crippen LogP contribution in [-0.4, -0.2) is 46.9 Å². The average Bonchev–Trinajstić information content (AvgIpc) is 2.68. The van der Waals surface area contributed by atoms with Gasteiger partial charge >= 0.3 is 11.9 Å². The summed E-state index contributed by atoms with van der Waals surface area (Å²) in [6.07, 6.45) is 0.346. The summed E-state index contributed by atoms with van der Waals surface area (Å²) in [5, 5.41) is 0.559. The molecule has 2 heterocycles. The first-order valence-electron chi connectivity index (χ1n) is 9.73. The largest absolute Gasteiger partial charge is 0.490 e. The Morgan fingerprint density at radius 2 is 2.00 bits per heavy atom. The number of aliphatic imine (C=N–C) groups is 1. The van der Waals surface area contributed by atoms with E-state index in [0.29, 0.717) is 46.5 Å². The number of esters is 2. The van der Waals surface area contributed by atoms with Gasteiger partial charge in [-0.3, -0.25) is 14.5 Å². The molecule has 0 radical (unpaired) electrons. The maximum atomic E-state index is 12.8. The molecule has 0 aliphatic carbocycles. The van der Waals surface area contributed by atoms with E-state index in [1.54, 1.807) is 36.9 Å². The van der Waals surface area contributed by atoms with E-state index in [-0.39, 0.29) is 18.3 Å². The first-order chi connectivity index (χ1) is 14.4. The van der Waals surface area contributed by atoms with Crippen molar-refractivity contribution in [3.8, 4) is 11.5 Å². The summed E-state index contributed by atoms with van der Waals surface area (Å²) in [6.45, 7) is 7.14. The van der Waals surface area contributed by atoms with Crippen LogP contribution in [0.25, 0.3) is 0 Å². The second kappa shape index (κ2) is 9.34. The Balaban J connectivity index is 2.14. The minimum absolute atomic E-state index is 0.117. The number of amides is 1. The summed E-state index contributed by atoms with van der Waals surface area (Å²) in [5.41, 5.74) is 1.45. The fourth-order valence-electron chi connectivity index (χ4n) is 3.38. The zero-order chi connectivity index (χ0) is 21.8. The summed E-state index contributed by atoms with van der Waals surface area (Å²) in [5.74, 6) is 0.157. The maximum absolute atomic E-state index is 12.8. The van der Waals surface area contributed by atoms with Gasteiger partial charge in [0, 0.05) is 19.1 Å². The van der Waals surface area contributed by atoms with E-state index in [1.165, 1.54) is 18.7 Å². The third-order valence-corrected chi connectivity index (χ3v) is 5.49. The molecular weight excluding hydrogens is 408 g/mol. The van der Waals surface area contributed by atoms with Gasteiger partial charge in [0.25, 0.3) is 0 Å². The van der Waals surface area contributed by atoms with Crippen LogP contribution in [0.2, 0.25) is 0 Å². The Labute approximate surface area is 179 Å². The lowest BCUT2D eigenvalue weighted by molar-refractivity contribution is -0.139. The van der Waals surface area contributed by atoms with E-state index in [4.69, 9.17) is 14.2 Å². The van der Waals surface area contributed by atoms with Crippen LogP contribution >= 0.6 is 11.8 Å². The molecule has 0 spiro atoms. The highest BCUT2D eigenvalue weighted by Crippen LogP contribution is 2.42. The molecule has 1 atom stereocenters. The van der Waals surface area contributed by atoms with E-state index in [2.05, 4.69) is 4.99 Å². The van der Waals surface area contributed by atoms with Gasteiger partial charge in [-0.05, 0) is 38.5 Å². The van der Waals surface area contributed by atoms with Crippen LogP contribution in [0.3, 0.4) is 0 Å². The van der Waals surface area contributed by atoms with Gasteiger partial charge in [-0.1, -0.05) is 17.8 Å². The number of hydrogen-bond donors (Lipinski definition) is 0. The van der Waals surface area contributed by atoms with Gasteiger partial charge in [0.2, 0.25) is 5.91 Å². The van der Waals surface area contributed by atoms with Crippen molar-refractivity contribution in [3.63, 3.8) is 0 Å². The molecule has 1 amide bonds. The molecule has 160 valence electrons. The third-order valence-electron chi connectivity index (χ3n) is 4.54. The number of hydrogen-bond acceptors (Lipinski definition) is 8. The predicted molar refractivity (Wildman–Crippen MR) is 112 cm³/mol. The lowest BCUT2D eigenvalue weighted by Crippen LogP contribution is -2.45. The van der Waals surface area contributed by atoms with Crippen LogP contribution in [0.5, 0.6) is 11.5 Å². The smallest absolute Gasteiger partial charge is 0.338 e. The number of rotatable bonds is 6. The number of carbonyl (C=O) groups excluding carboxylic acids is 3. The minimum Gasteiger partial charge on any atom is -0.490 e. The molecule has 0 N–H and O–H groups in total. The number of fused-ring (bicyclic) bond motifs is 1. The molecule has 1 fully saturated rings. The molecule has 1 unspecified atom stereocenters. The van der Waals surface area contributed by atoms with Crippen LogP contribution in [-0.2, 0) is 19.1 Å². The quantitative estimate of drug-likeness (QED) is 0.503. The lowest BCUT2D eigenvalue weighted by atomic mass is 9.94. The molecule has 1 saturated heterocycles. The van der Waals surface area contributed by atoms with E-state index in [9.17, 15) is 14.4 Å². The Hall–Kier alpha value is -2.81. The van der Waals surface area contributed by atoms with Crippen LogP contribution in [0.1, 0.15) is 45.7 Å². The first kappa shape index (κ1) is 21.9. The molecule has 8 nitrogen and oxygen atoms in total. The van der Waals surface area contributed by atoms with E-state index in [0.717, 1.165) is 0 Å². The van der Waals surface area contributed by atoms with Crippen molar-refractivity contribution in [1.82, 2.24) is 4.90 Å². The molecule has 0 aromatic heterocycles. The van der Waals surface area contributed by atoms with Crippen molar-refractivity contribution in [1.29, 1.82) is 0 Å². The Morgan fingerprint density at radius 3 is 2.67 bits per heavy atom. The molecule has 30 heavy (non-hydrogen) atoms. The number of nitrogens with zero attached hydrogens (tertiary/aromatic N) is 2. The summed E-state index contributed by atoms with van der Waals surface area (Å²) in [6, 6.07) is 4.30. The molecule has 3 rings (SSSR count). The summed E-state index contributed by atoms with van der Waals surface area (Å²) in [4.78, 5) is 43.1. The van der Waals surface area contributed by atoms with Gasteiger partial charge in [-0.2, -0.15) is 0 Å². The van der Waals surface area contributed by atoms with E-state index >= 15 is 0 Å². The molecular formula is C21H24N2O6S. The monoisotopic (exact) mass is 432 g/mol. The number of ether oxygens (including phenoxy) is 3. The SMILES string of the molecule is CCOC(=O)C1=C(C)N=C2SCCC(=O)N2C1c1ccc(OC(C)=O)c(OCC)c1. The maximum Gasteiger partial charge on any atom is 0.338 e. The summed E-state index contributed by atoms with van der Waals surface area (Å²) < 4.78 is 16.1. The molecule has 0 bridgehead atoms. The van der Waals surface area contributed by atoms with Crippen LogP contribution < -0.4 is 9.47 Å². The van der Waals surface area contributed by atoms with Crippen molar-refractivity contribution < 1.29 is 28.6 Å². The first-order valence-corrected chi connectivity index (χ1v) is 10.7. The van der Waals surface area contributed by atoms with Crippen molar-refractivity contribution in [2.75, 3.05) is 19.0 Å². The number of benzene rings is 1. The Kier molecular flexibility index (Phi) is 6.81. The Morgan fingerprint density at radius 1 is 1.23 bits per heavy atom. The molecule has 2 aliphatic rings. The molecule has 2 aliphatic heterocycles. The number of carbonyl (C=O) groups is 3. The number of amidine groups is 1. The van der Waals surface area contributed by atoms with Crippen molar-refractivity contribution >= 4 is 34.8 Å². The molecule has 1 aromatic carbocycles. The zero-order valence-corrected chi connectivity index (χ0v) is 18.2. The highest BCUT2D eigenvalue weighted by Gasteiger charge is 2.42. The number of thioether (sulfide) groups is 1. The van der Waals surface area contributed by atoms with Crippen LogP contribution in [0, 0.1) is 0 Å². The van der Waals surface area contributed by atoms with Gasteiger partial charge in [0.05, 0.1) is 30.5 Å². The molecule has 9 heteroatoms. The standard InChI is InChI=1S/C21H24N2O6S/c1-5-27-16-11-14(7-8-15(16)29-13(4)24)19-18(20(26)28-6-2)12(3)22-21-23(19)17(25)9-10-30-21/h7-8,11,19H,5-6,9-10H2,1-4H3. The van der Waals surface area contributed by atoms with E-state index < -0.39 is 18.0 Å². The second-order valence-electron chi connectivity index (χ2n) is 6.61. The Bertz CT molecular complexity index is 939. The third kappa shape index (κ3) is 4.35. The minimum atomic E-state index is -0.706. The van der Waals surface area contributed by atoms with Crippen molar-refractivity contribution in [2.45, 2.75) is 40.2 Å². The zero-order valence-electron chi connectivity index (χ0n) is 17.4. The van der Waals surface area contributed by atoms with Crippen molar-refractivity contribution in [3.05, 3.63) is 35.0 Å². The second-order valence-corrected chi connectivity index (χ2v) is 7.67. The lowest BCUT2D eigenvalue weighted by Gasteiger charge is -2.39. The van der Waals surface area contributed by atoms with Gasteiger partial charge in [-0.15, -0.1) is 0 Å². The fraction of sp³-hybridized carbons (Fsp3) is 0.429.